The van der Waals surface area contributed by atoms with Crippen LogP contribution in [0.3, 0.4) is 0 Å². The van der Waals surface area contributed by atoms with E-state index in [9.17, 15) is 68.3 Å². The van der Waals surface area contributed by atoms with Gasteiger partial charge in [-0.15, -0.1) is 0 Å². The number of phenols is 1. The molecule has 0 atom stereocenters. The number of hydrogen-bond acceptors (Lipinski definition) is 4. The molecule has 17 heteroatoms. The SMILES string of the molecule is O=C(Nc1ccc([N+](=O)[O-])cc1O)C(F)(F)C(F)(F)C(F)(F)C(F)(F)C(F)(F)F. The maximum atomic E-state index is 13.5. The van der Waals surface area contributed by atoms with Crippen LogP contribution in [0, 0.1) is 10.1 Å². The molecule has 29 heavy (non-hydrogen) atoms. The number of nitrogens with zero attached hydrogens (tertiary/aromatic N) is 1. The largest absolute Gasteiger partial charge is 0.506 e. The van der Waals surface area contributed by atoms with E-state index in [1.165, 1.54) is 0 Å². The van der Waals surface area contributed by atoms with Crippen LogP contribution >= 0.6 is 0 Å². The highest BCUT2D eigenvalue weighted by Gasteiger charge is 2.88. The summed E-state index contributed by atoms with van der Waals surface area (Å²) in [6.07, 6.45) is -7.39. The summed E-state index contributed by atoms with van der Waals surface area (Å²) in [5.74, 6) is -34.8. The number of hydrogen-bond donors (Lipinski definition) is 2. The maximum absolute atomic E-state index is 13.5. The topological polar surface area (TPSA) is 92.5 Å². The van der Waals surface area contributed by atoms with E-state index in [2.05, 4.69) is 0 Å². The van der Waals surface area contributed by atoms with Crippen molar-refractivity contribution in [1.29, 1.82) is 0 Å². The molecular weight excluding hydrogens is 445 g/mol. The number of anilines is 1. The minimum Gasteiger partial charge on any atom is -0.506 e. The number of amides is 1. The number of halogens is 11. The lowest BCUT2D eigenvalue weighted by Crippen LogP contribution is -2.68. The molecule has 1 amide bonds. The first kappa shape index (κ1) is 24.2. The minimum atomic E-state index is -7.78. The van der Waals surface area contributed by atoms with E-state index in [0.717, 1.165) is 0 Å². The second-order valence-electron chi connectivity index (χ2n) is 5.21. The van der Waals surface area contributed by atoms with Crippen molar-refractivity contribution in [2.75, 3.05) is 5.32 Å². The van der Waals surface area contributed by atoms with E-state index in [0.29, 0.717) is 11.4 Å². The number of phenolic OH excluding ortho intramolecular Hbond substituents is 1. The Morgan fingerprint density at radius 3 is 1.76 bits per heavy atom. The van der Waals surface area contributed by atoms with Gasteiger partial charge in [0, 0.05) is 6.07 Å². The number of alkyl halides is 11. The van der Waals surface area contributed by atoms with Crippen molar-refractivity contribution in [3.8, 4) is 5.75 Å². The number of benzene rings is 1. The number of nitro groups is 1. The molecule has 0 aromatic heterocycles. The zero-order chi connectivity index (χ0) is 23.2. The molecule has 1 rings (SSSR count). The molecule has 164 valence electrons. The molecule has 1 aromatic rings. The second kappa shape index (κ2) is 6.87. The fourth-order valence-electron chi connectivity index (χ4n) is 1.66. The lowest BCUT2D eigenvalue weighted by molar-refractivity contribution is -0.416. The summed E-state index contributed by atoms with van der Waals surface area (Å²) in [5.41, 5.74) is -2.21. The lowest BCUT2D eigenvalue weighted by atomic mass is 9.97. The van der Waals surface area contributed by atoms with Crippen LogP contribution in [0.25, 0.3) is 0 Å². The third-order valence-corrected chi connectivity index (χ3v) is 3.26. The summed E-state index contributed by atoms with van der Waals surface area (Å²) < 4.78 is 141. The predicted molar refractivity (Wildman–Crippen MR) is 69.2 cm³/mol. The van der Waals surface area contributed by atoms with Crippen LogP contribution in [0.1, 0.15) is 0 Å². The molecule has 0 unspecified atom stereocenters. The lowest BCUT2D eigenvalue weighted by Gasteiger charge is -2.36. The molecule has 0 bridgehead atoms. The van der Waals surface area contributed by atoms with Gasteiger partial charge in [-0.05, 0) is 6.07 Å². The van der Waals surface area contributed by atoms with Crippen LogP contribution in [0.4, 0.5) is 59.7 Å². The van der Waals surface area contributed by atoms with Crippen molar-refractivity contribution < 1.29 is 63.1 Å². The first-order valence-electron chi connectivity index (χ1n) is 6.58. The van der Waals surface area contributed by atoms with Crippen molar-refractivity contribution in [2.45, 2.75) is 29.9 Å². The van der Waals surface area contributed by atoms with Gasteiger partial charge in [-0.1, -0.05) is 0 Å². The molecule has 0 saturated heterocycles. The van der Waals surface area contributed by atoms with Crippen LogP contribution in [-0.4, -0.2) is 45.8 Å². The molecule has 0 fully saturated rings. The normalized spacial score (nSPS) is 13.9. The Balaban J connectivity index is 3.32. The van der Waals surface area contributed by atoms with E-state index in [-0.39, 0.29) is 12.1 Å². The van der Waals surface area contributed by atoms with Gasteiger partial charge in [-0.2, -0.15) is 48.3 Å². The Hall–Kier alpha value is -2.88. The Kier molecular flexibility index (Phi) is 5.72. The molecule has 0 aliphatic carbocycles. The third-order valence-electron chi connectivity index (χ3n) is 3.26. The van der Waals surface area contributed by atoms with Crippen molar-refractivity contribution in [1.82, 2.24) is 0 Å². The summed E-state index contributed by atoms with van der Waals surface area (Å²) in [6.45, 7) is 0. The van der Waals surface area contributed by atoms with Crippen molar-refractivity contribution in [3.63, 3.8) is 0 Å². The number of non-ortho nitro benzene ring substituents is 1. The number of nitro benzene ring substituents is 1. The van der Waals surface area contributed by atoms with Crippen LogP contribution in [0.2, 0.25) is 0 Å². The van der Waals surface area contributed by atoms with Crippen molar-refractivity contribution >= 4 is 17.3 Å². The van der Waals surface area contributed by atoms with Gasteiger partial charge < -0.3 is 10.4 Å². The zero-order valence-electron chi connectivity index (χ0n) is 13.0. The first-order chi connectivity index (χ1) is 12.7. The summed E-state index contributed by atoms with van der Waals surface area (Å²) in [6, 6.07) is 0.873. The summed E-state index contributed by atoms with van der Waals surface area (Å²) in [4.78, 5) is 20.5. The van der Waals surface area contributed by atoms with Crippen LogP contribution < -0.4 is 5.32 Å². The number of carbonyl (C=O) groups is 1. The monoisotopic (exact) mass is 450 g/mol. The second-order valence-corrected chi connectivity index (χ2v) is 5.21. The van der Waals surface area contributed by atoms with Crippen LogP contribution in [0.15, 0.2) is 18.2 Å². The van der Waals surface area contributed by atoms with E-state index < -0.39 is 57.8 Å². The minimum absolute atomic E-state index is 0.193. The molecule has 0 radical (unpaired) electrons. The van der Waals surface area contributed by atoms with Crippen molar-refractivity contribution in [3.05, 3.63) is 28.3 Å². The zero-order valence-corrected chi connectivity index (χ0v) is 13.0. The fourth-order valence-corrected chi connectivity index (χ4v) is 1.66. The van der Waals surface area contributed by atoms with Crippen LogP contribution in [-0.2, 0) is 4.79 Å². The van der Waals surface area contributed by atoms with Gasteiger partial charge >= 0.3 is 35.8 Å². The average Bonchev–Trinajstić information content (AvgIpc) is 2.54. The molecular formula is C12H5F11N2O4. The highest BCUT2D eigenvalue weighted by molar-refractivity contribution is 5.98. The molecule has 1 aromatic carbocycles. The molecule has 0 aliphatic heterocycles. The fraction of sp³-hybridized carbons (Fsp3) is 0.417. The summed E-state index contributed by atoms with van der Waals surface area (Å²) in [5, 5.41) is 20.4. The van der Waals surface area contributed by atoms with Crippen LogP contribution in [0.5, 0.6) is 5.75 Å². The first-order valence-corrected chi connectivity index (χ1v) is 6.58. The standard InChI is InChI=1S/C12H5F11N2O4/c13-8(14,9(15,16)10(17,18)11(19,20)12(21,22)23)7(27)24-5-2-1-4(25(28)29)3-6(5)26/h1-3,26H,(H,24,27). The molecule has 6 nitrogen and oxygen atoms in total. The van der Waals surface area contributed by atoms with E-state index in [1.807, 2.05) is 0 Å². The number of carbonyl (C=O) groups excluding carboxylic acids is 1. The summed E-state index contributed by atoms with van der Waals surface area (Å²) >= 11 is 0. The van der Waals surface area contributed by atoms with Gasteiger partial charge in [0.1, 0.15) is 5.75 Å². The molecule has 2 N–H and O–H groups in total. The summed E-state index contributed by atoms with van der Waals surface area (Å²) in [7, 11) is 0. The number of rotatable bonds is 6. The Labute approximate surface area is 151 Å². The average molecular weight is 450 g/mol. The van der Waals surface area contributed by atoms with Gasteiger partial charge in [0.15, 0.2) is 0 Å². The van der Waals surface area contributed by atoms with Gasteiger partial charge in [0.05, 0.1) is 16.7 Å². The van der Waals surface area contributed by atoms with E-state index in [1.54, 1.807) is 0 Å². The predicted octanol–water partition coefficient (Wildman–Crippen LogP) is 4.34. The highest BCUT2D eigenvalue weighted by Crippen LogP contribution is 2.57. The van der Waals surface area contributed by atoms with Gasteiger partial charge in [0.2, 0.25) is 0 Å². The Morgan fingerprint density at radius 2 is 1.38 bits per heavy atom. The molecule has 0 saturated carbocycles. The van der Waals surface area contributed by atoms with Crippen molar-refractivity contribution in [2.24, 2.45) is 0 Å². The van der Waals surface area contributed by atoms with Gasteiger partial charge in [-0.3, -0.25) is 14.9 Å². The molecule has 0 aliphatic rings. The number of nitrogens with one attached hydrogen (secondary N) is 1. The molecule has 0 heterocycles. The van der Waals surface area contributed by atoms with Gasteiger partial charge in [-0.25, -0.2) is 0 Å². The highest BCUT2D eigenvalue weighted by atomic mass is 19.4. The molecule has 0 spiro atoms. The van der Waals surface area contributed by atoms with E-state index in [4.69, 9.17) is 0 Å². The quantitative estimate of drug-likeness (QED) is 0.292. The Morgan fingerprint density at radius 1 is 0.897 bits per heavy atom. The number of aromatic hydroxyl groups is 1. The Bertz CT molecular complexity index is 823. The van der Waals surface area contributed by atoms with E-state index >= 15 is 0 Å². The maximum Gasteiger partial charge on any atom is 0.460 e. The smallest absolute Gasteiger partial charge is 0.460 e. The van der Waals surface area contributed by atoms with Gasteiger partial charge in [0.25, 0.3) is 5.69 Å². The third kappa shape index (κ3) is 3.71.